The minimum absolute atomic E-state index is 0.0256. The summed E-state index contributed by atoms with van der Waals surface area (Å²) in [4.78, 5) is 31.2. The molecule has 2 aromatic rings. The van der Waals surface area contributed by atoms with E-state index < -0.39 is 0 Å². The fourth-order valence-electron chi connectivity index (χ4n) is 3.17. The van der Waals surface area contributed by atoms with E-state index in [-0.39, 0.29) is 12.5 Å². The molecule has 0 aliphatic carbocycles. The van der Waals surface area contributed by atoms with Gasteiger partial charge in [0.05, 0.1) is 6.54 Å². The zero-order valence-electron chi connectivity index (χ0n) is 18.5. The number of nitrogens with one attached hydrogen (secondary N) is 1. The van der Waals surface area contributed by atoms with Gasteiger partial charge in [-0.1, -0.05) is 12.1 Å². The lowest BCUT2D eigenvalue weighted by molar-refractivity contribution is -0.130. The Morgan fingerprint density at radius 3 is 2.58 bits per heavy atom. The molecule has 1 aliphatic heterocycles. The van der Waals surface area contributed by atoms with Crippen molar-refractivity contribution in [3.8, 4) is 5.75 Å². The van der Waals surface area contributed by atoms with E-state index in [9.17, 15) is 4.79 Å². The first kappa shape index (κ1) is 22.3. The molecule has 2 heterocycles. The van der Waals surface area contributed by atoms with Crippen molar-refractivity contribution in [1.82, 2.24) is 25.1 Å². The first-order valence-corrected chi connectivity index (χ1v) is 10.5. The summed E-state index contributed by atoms with van der Waals surface area (Å²) in [5, 5.41) is 3.39. The van der Waals surface area contributed by atoms with Crippen LogP contribution in [0.15, 0.2) is 47.7 Å². The highest BCUT2D eigenvalue weighted by Crippen LogP contribution is 2.15. The summed E-state index contributed by atoms with van der Waals surface area (Å²) in [5.41, 5.74) is 1.03. The van der Waals surface area contributed by atoms with E-state index in [1.54, 1.807) is 26.5 Å². The predicted molar refractivity (Wildman–Crippen MR) is 121 cm³/mol. The number of hydrogen-bond acceptors (Lipinski definition) is 6. The van der Waals surface area contributed by atoms with Gasteiger partial charge in [-0.15, -0.1) is 0 Å². The van der Waals surface area contributed by atoms with Crippen molar-refractivity contribution in [2.45, 2.75) is 13.5 Å². The maximum absolute atomic E-state index is 11.7. The number of nitrogens with zero attached hydrogens (tertiary/aromatic N) is 6. The van der Waals surface area contributed by atoms with Crippen molar-refractivity contribution in [2.75, 3.05) is 58.3 Å². The average Bonchev–Trinajstić information content (AvgIpc) is 2.81. The smallest absolute Gasteiger partial charge is 0.259 e. The molecule has 1 fully saturated rings. The summed E-state index contributed by atoms with van der Waals surface area (Å²) in [6.07, 6.45) is 3.54. The topological polar surface area (TPSA) is 86.2 Å². The minimum atomic E-state index is -0.0714. The Labute approximate surface area is 183 Å². The van der Waals surface area contributed by atoms with Crippen molar-refractivity contribution < 1.29 is 9.53 Å². The van der Waals surface area contributed by atoms with Crippen LogP contribution in [0.2, 0.25) is 0 Å². The van der Waals surface area contributed by atoms with E-state index in [2.05, 4.69) is 32.0 Å². The van der Waals surface area contributed by atoms with Crippen LogP contribution in [-0.2, 0) is 11.3 Å². The van der Waals surface area contributed by atoms with Gasteiger partial charge in [-0.25, -0.2) is 15.0 Å². The molecule has 1 aliphatic rings. The number of rotatable bonds is 7. The van der Waals surface area contributed by atoms with Gasteiger partial charge < -0.3 is 24.8 Å². The molecule has 1 aromatic carbocycles. The maximum Gasteiger partial charge on any atom is 0.259 e. The highest BCUT2D eigenvalue weighted by molar-refractivity contribution is 5.80. The third-order valence-corrected chi connectivity index (χ3v) is 4.92. The van der Waals surface area contributed by atoms with Gasteiger partial charge in [0.1, 0.15) is 5.75 Å². The van der Waals surface area contributed by atoms with E-state index in [0.29, 0.717) is 12.3 Å². The highest BCUT2D eigenvalue weighted by atomic mass is 16.5. The van der Waals surface area contributed by atoms with Gasteiger partial charge in [0.15, 0.2) is 12.6 Å². The van der Waals surface area contributed by atoms with Crippen LogP contribution in [0.3, 0.4) is 0 Å². The Morgan fingerprint density at radius 1 is 1.16 bits per heavy atom. The first-order valence-electron chi connectivity index (χ1n) is 10.5. The van der Waals surface area contributed by atoms with Gasteiger partial charge in [-0.05, 0) is 30.7 Å². The molecule has 1 amide bonds. The van der Waals surface area contributed by atoms with Gasteiger partial charge in [-0.2, -0.15) is 0 Å². The van der Waals surface area contributed by atoms with Crippen molar-refractivity contribution in [3.63, 3.8) is 0 Å². The Bertz CT molecular complexity index is 865. The van der Waals surface area contributed by atoms with Crippen LogP contribution in [0.5, 0.6) is 5.75 Å². The Morgan fingerprint density at radius 2 is 1.90 bits per heavy atom. The number of carbonyl (C=O) groups is 1. The second-order valence-corrected chi connectivity index (χ2v) is 7.42. The third kappa shape index (κ3) is 6.56. The van der Waals surface area contributed by atoms with Crippen LogP contribution in [0.4, 0.5) is 5.95 Å². The lowest BCUT2D eigenvalue weighted by atomic mass is 10.2. The molecule has 0 radical (unpaired) electrons. The minimum Gasteiger partial charge on any atom is -0.484 e. The zero-order valence-corrected chi connectivity index (χ0v) is 18.5. The summed E-state index contributed by atoms with van der Waals surface area (Å²) >= 11 is 0. The van der Waals surface area contributed by atoms with Crippen LogP contribution in [0.25, 0.3) is 0 Å². The molecule has 3 rings (SSSR count). The summed E-state index contributed by atoms with van der Waals surface area (Å²) in [6.45, 7) is 6.81. The van der Waals surface area contributed by atoms with E-state index in [1.165, 1.54) is 4.90 Å². The molecular weight excluding hydrogens is 394 g/mol. The van der Waals surface area contributed by atoms with Crippen LogP contribution in [-0.4, -0.2) is 85.1 Å². The molecule has 1 aromatic heterocycles. The maximum atomic E-state index is 11.7. The number of amides is 1. The van der Waals surface area contributed by atoms with E-state index >= 15 is 0 Å². The summed E-state index contributed by atoms with van der Waals surface area (Å²) in [7, 11) is 3.43. The monoisotopic (exact) mass is 425 g/mol. The summed E-state index contributed by atoms with van der Waals surface area (Å²) in [5.74, 6) is 2.26. The second kappa shape index (κ2) is 11.1. The normalized spacial score (nSPS) is 14.4. The molecule has 31 heavy (non-hydrogen) atoms. The average molecular weight is 426 g/mol. The molecular formula is C22H31N7O2. The highest BCUT2D eigenvalue weighted by Gasteiger charge is 2.21. The van der Waals surface area contributed by atoms with Crippen molar-refractivity contribution >= 4 is 17.8 Å². The third-order valence-electron chi connectivity index (χ3n) is 4.92. The number of aromatic nitrogens is 2. The predicted octanol–water partition coefficient (Wildman–Crippen LogP) is 1.23. The number of aliphatic imine (C=N–C) groups is 1. The Balaban J connectivity index is 1.59. The number of hydrogen-bond donors (Lipinski definition) is 1. The largest absolute Gasteiger partial charge is 0.484 e. The quantitative estimate of drug-likeness (QED) is 0.527. The number of benzene rings is 1. The molecule has 9 nitrogen and oxygen atoms in total. The van der Waals surface area contributed by atoms with E-state index in [4.69, 9.17) is 9.73 Å². The number of carbonyl (C=O) groups excluding carboxylic acids is 1. The van der Waals surface area contributed by atoms with Crippen LogP contribution in [0.1, 0.15) is 12.5 Å². The fraction of sp³-hybridized carbons (Fsp3) is 0.455. The molecule has 0 atom stereocenters. The first-order chi connectivity index (χ1) is 15.1. The SMILES string of the molecule is CCNC(=NCc1cccc(OCC(=O)N(C)C)c1)N1CCN(c2ncccn2)CC1. The molecule has 166 valence electrons. The van der Waals surface area contributed by atoms with E-state index in [0.717, 1.165) is 50.2 Å². The number of guanidine groups is 1. The molecule has 0 unspecified atom stereocenters. The molecule has 1 N–H and O–H groups in total. The van der Waals surface area contributed by atoms with Gasteiger partial charge in [-0.3, -0.25) is 4.79 Å². The lowest BCUT2D eigenvalue weighted by Gasteiger charge is -2.36. The second-order valence-electron chi connectivity index (χ2n) is 7.42. The van der Waals surface area contributed by atoms with Crippen molar-refractivity contribution in [2.24, 2.45) is 4.99 Å². The molecule has 0 bridgehead atoms. The molecule has 0 saturated carbocycles. The molecule has 0 spiro atoms. The van der Waals surface area contributed by atoms with Crippen LogP contribution in [0, 0.1) is 0 Å². The molecule has 9 heteroatoms. The fourth-order valence-corrected chi connectivity index (χ4v) is 3.17. The Kier molecular flexibility index (Phi) is 8.03. The summed E-state index contributed by atoms with van der Waals surface area (Å²) in [6, 6.07) is 9.55. The number of ether oxygens (including phenoxy) is 1. The van der Waals surface area contributed by atoms with Gasteiger partial charge in [0.25, 0.3) is 5.91 Å². The number of likely N-dealkylation sites (N-methyl/N-ethyl adjacent to an activating group) is 1. The molecule has 1 saturated heterocycles. The van der Waals surface area contributed by atoms with Crippen molar-refractivity contribution in [1.29, 1.82) is 0 Å². The Hall–Kier alpha value is -3.36. The standard InChI is InChI=1S/C22H31N7O2/c1-4-23-21(28-11-13-29(14-12-28)22-24-9-6-10-25-22)26-16-18-7-5-8-19(15-18)31-17-20(30)27(2)3/h5-10,15H,4,11-14,16-17H2,1-3H3,(H,23,26). The van der Waals surface area contributed by atoms with Crippen LogP contribution < -0.4 is 15.0 Å². The lowest BCUT2D eigenvalue weighted by Crippen LogP contribution is -2.52. The number of anilines is 1. The van der Waals surface area contributed by atoms with E-state index in [1.807, 2.05) is 30.3 Å². The van der Waals surface area contributed by atoms with Crippen LogP contribution >= 0.6 is 0 Å². The van der Waals surface area contributed by atoms with Gasteiger partial charge in [0, 0.05) is 59.2 Å². The van der Waals surface area contributed by atoms with Gasteiger partial charge in [0.2, 0.25) is 5.95 Å². The van der Waals surface area contributed by atoms with Gasteiger partial charge >= 0.3 is 0 Å². The zero-order chi connectivity index (χ0) is 22.1. The summed E-state index contributed by atoms with van der Waals surface area (Å²) < 4.78 is 5.61. The van der Waals surface area contributed by atoms with Crippen molar-refractivity contribution in [3.05, 3.63) is 48.3 Å². The number of piperazine rings is 1.